The van der Waals surface area contributed by atoms with Crippen LogP contribution in [0.1, 0.15) is 23.7 Å². The van der Waals surface area contributed by atoms with Crippen LogP contribution in [0.3, 0.4) is 0 Å². The van der Waals surface area contributed by atoms with Crippen LogP contribution in [-0.4, -0.2) is 31.1 Å². The van der Waals surface area contributed by atoms with Gasteiger partial charge in [-0.3, -0.25) is 4.79 Å². The van der Waals surface area contributed by atoms with Crippen LogP contribution in [0.25, 0.3) is 0 Å². The summed E-state index contributed by atoms with van der Waals surface area (Å²) in [7, 11) is 1.56. The number of para-hydroxylation sites is 2. The van der Waals surface area contributed by atoms with E-state index in [1.54, 1.807) is 49.3 Å². The molecule has 1 aliphatic heterocycles. The third kappa shape index (κ3) is 2.85. The molecule has 0 bridgehead atoms. The zero-order chi connectivity index (χ0) is 17.2. The van der Waals surface area contributed by atoms with Crippen molar-refractivity contribution in [2.45, 2.75) is 18.9 Å². The maximum Gasteiger partial charge on any atom is 0.339 e. The van der Waals surface area contributed by atoms with Crippen LogP contribution < -0.4 is 9.64 Å². The number of rotatable bonds is 4. The number of ether oxygens (including phenoxy) is 2. The molecule has 124 valence electrons. The van der Waals surface area contributed by atoms with Gasteiger partial charge in [-0.05, 0) is 31.2 Å². The number of amides is 1. The number of hydrogen-bond acceptors (Lipinski definition) is 4. The number of carbonyl (C=O) groups excluding carboxylic acids is 2. The average Bonchev–Trinajstić information content (AvgIpc) is 2.90. The summed E-state index contributed by atoms with van der Waals surface area (Å²) in [5, 5.41) is 0. The summed E-state index contributed by atoms with van der Waals surface area (Å²) in [5.41, 5.74) is -0.0555. The maximum absolute atomic E-state index is 12.9. The zero-order valence-corrected chi connectivity index (χ0v) is 13.7. The molecule has 1 atom stereocenters. The minimum atomic E-state index is -1.17. The van der Waals surface area contributed by atoms with Crippen LogP contribution in [0.5, 0.6) is 5.75 Å². The summed E-state index contributed by atoms with van der Waals surface area (Å²) in [5.74, 6) is -0.117. The Morgan fingerprint density at radius 2 is 1.75 bits per heavy atom. The standard InChI is InChI=1S/C19H19NO4/c1-19(24-17(21)14-8-4-3-5-9-14)12-13-20(18(19)22)15-10-6-7-11-16(15)23-2/h3-11H,12-13H2,1-2H3/t19-/m1/s1. The smallest absolute Gasteiger partial charge is 0.339 e. The Morgan fingerprint density at radius 3 is 2.46 bits per heavy atom. The molecule has 1 fully saturated rings. The number of nitrogens with zero attached hydrogens (tertiary/aromatic N) is 1. The van der Waals surface area contributed by atoms with Crippen molar-refractivity contribution in [3.8, 4) is 5.75 Å². The normalized spacial score (nSPS) is 20.1. The second-order valence-electron chi connectivity index (χ2n) is 5.87. The van der Waals surface area contributed by atoms with E-state index in [-0.39, 0.29) is 5.91 Å². The van der Waals surface area contributed by atoms with E-state index in [2.05, 4.69) is 0 Å². The minimum absolute atomic E-state index is 0.240. The lowest BCUT2D eigenvalue weighted by molar-refractivity contribution is -0.132. The van der Waals surface area contributed by atoms with Crippen molar-refractivity contribution in [3.05, 3.63) is 60.2 Å². The zero-order valence-electron chi connectivity index (χ0n) is 13.7. The molecule has 0 radical (unpaired) electrons. The lowest BCUT2D eigenvalue weighted by Crippen LogP contribution is -2.41. The van der Waals surface area contributed by atoms with Crippen molar-refractivity contribution in [2.24, 2.45) is 0 Å². The topological polar surface area (TPSA) is 55.8 Å². The summed E-state index contributed by atoms with van der Waals surface area (Å²) in [4.78, 5) is 26.8. The third-order valence-corrected chi connectivity index (χ3v) is 4.21. The van der Waals surface area contributed by atoms with E-state index in [9.17, 15) is 9.59 Å². The largest absolute Gasteiger partial charge is 0.495 e. The Balaban J connectivity index is 1.81. The number of carbonyl (C=O) groups is 2. The van der Waals surface area contributed by atoms with Gasteiger partial charge in [-0.15, -0.1) is 0 Å². The molecule has 0 unspecified atom stereocenters. The van der Waals surface area contributed by atoms with Crippen LogP contribution in [0, 0.1) is 0 Å². The van der Waals surface area contributed by atoms with Crippen molar-refractivity contribution < 1.29 is 19.1 Å². The predicted molar refractivity (Wildman–Crippen MR) is 90.2 cm³/mol. The SMILES string of the molecule is COc1ccccc1N1CC[C@@](C)(OC(=O)c2ccccc2)C1=O. The molecule has 0 aromatic heterocycles. The van der Waals surface area contributed by atoms with Gasteiger partial charge in [-0.2, -0.15) is 0 Å². The Morgan fingerprint density at radius 1 is 1.08 bits per heavy atom. The first kappa shape index (κ1) is 16.1. The minimum Gasteiger partial charge on any atom is -0.495 e. The molecule has 5 nitrogen and oxygen atoms in total. The van der Waals surface area contributed by atoms with Crippen molar-refractivity contribution in [1.29, 1.82) is 0 Å². The van der Waals surface area contributed by atoms with Gasteiger partial charge in [0.25, 0.3) is 5.91 Å². The van der Waals surface area contributed by atoms with Gasteiger partial charge in [0.05, 0.1) is 18.4 Å². The number of esters is 1. The first-order valence-electron chi connectivity index (χ1n) is 7.78. The monoisotopic (exact) mass is 325 g/mol. The molecule has 1 amide bonds. The fraction of sp³-hybridized carbons (Fsp3) is 0.263. The summed E-state index contributed by atoms with van der Waals surface area (Å²) in [6.45, 7) is 2.13. The number of anilines is 1. The van der Waals surface area contributed by atoms with E-state index in [0.717, 1.165) is 0 Å². The molecule has 24 heavy (non-hydrogen) atoms. The molecule has 3 rings (SSSR count). The fourth-order valence-electron chi connectivity index (χ4n) is 2.83. The highest BCUT2D eigenvalue weighted by atomic mass is 16.6. The number of benzene rings is 2. The lowest BCUT2D eigenvalue weighted by atomic mass is 10.1. The number of hydrogen-bond donors (Lipinski definition) is 0. The molecule has 0 N–H and O–H groups in total. The van der Waals surface area contributed by atoms with Gasteiger partial charge >= 0.3 is 5.97 Å². The van der Waals surface area contributed by atoms with Crippen molar-refractivity contribution in [3.63, 3.8) is 0 Å². The van der Waals surface area contributed by atoms with Gasteiger partial charge < -0.3 is 14.4 Å². The first-order valence-corrected chi connectivity index (χ1v) is 7.78. The molecule has 1 aliphatic rings. The van der Waals surface area contributed by atoms with Gasteiger partial charge in [0, 0.05) is 13.0 Å². The van der Waals surface area contributed by atoms with Crippen LogP contribution in [-0.2, 0) is 9.53 Å². The van der Waals surface area contributed by atoms with E-state index in [1.165, 1.54) is 0 Å². The van der Waals surface area contributed by atoms with Crippen LogP contribution in [0.15, 0.2) is 54.6 Å². The average molecular weight is 325 g/mol. The maximum atomic E-state index is 12.9. The molecule has 1 saturated heterocycles. The quantitative estimate of drug-likeness (QED) is 0.811. The van der Waals surface area contributed by atoms with E-state index in [0.29, 0.717) is 30.0 Å². The summed E-state index contributed by atoms with van der Waals surface area (Å²) in [6.07, 6.45) is 0.433. The van der Waals surface area contributed by atoms with E-state index in [4.69, 9.17) is 9.47 Å². The fourth-order valence-corrected chi connectivity index (χ4v) is 2.83. The highest BCUT2D eigenvalue weighted by Gasteiger charge is 2.47. The summed E-state index contributed by atoms with van der Waals surface area (Å²) < 4.78 is 10.9. The van der Waals surface area contributed by atoms with Crippen LogP contribution in [0.4, 0.5) is 5.69 Å². The summed E-state index contributed by atoms with van der Waals surface area (Å²) >= 11 is 0. The Labute approximate surface area is 140 Å². The van der Waals surface area contributed by atoms with Crippen molar-refractivity contribution in [1.82, 2.24) is 0 Å². The number of methoxy groups -OCH3 is 1. The van der Waals surface area contributed by atoms with Crippen LogP contribution in [0.2, 0.25) is 0 Å². The molecule has 0 saturated carbocycles. The lowest BCUT2D eigenvalue weighted by Gasteiger charge is -2.24. The van der Waals surface area contributed by atoms with Crippen molar-refractivity contribution >= 4 is 17.6 Å². The van der Waals surface area contributed by atoms with Gasteiger partial charge in [0.15, 0.2) is 5.60 Å². The molecular weight excluding hydrogens is 306 g/mol. The van der Waals surface area contributed by atoms with E-state index in [1.807, 2.05) is 24.3 Å². The molecule has 5 heteroatoms. The Hall–Kier alpha value is -2.82. The highest BCUT2D eigenvalue weighted by molar-refractivity contribution is 6.04. The summed E-state index contributed by atoms with van der Waals surface area (Å²) in [6, 6.07) is 16.0. The Kier molecular flexibility index (Phi) is 4.25. The highest BCUT2D eigenvalue weighted by Crippen LogP contribution is 2.36. The first-order chi connectivity index (χ1) is 11.5. The molecular formula is C19H19NO4. The predicted octanol–water partition coefficient (Wildman–Crippen LogP) is 3.05. The van der Waals surface area contributed by atoms with Gasteiger partial charge in [-0.1, -0.05) is 30.3 Å². The molecule has 0 spiro atoms. The van der Waals surface area contributed by atoms with Gasteiger partial charge in [0.2, 0.25) is 0 Å². The second kappa shape index (κ2) is 6.35. The van der Waals surface area contributed by atoms with E-state index < -0.39 is 11.6 Å². The van der Waals surface area contributed by atoms with Gasteiger partial charge in [0.1, 0.15) is 5.75 Å². The second-order valence-corrected chi connectivity index (χ2v) is 5.87. The Bertz CT molecular complexity index is 759. The molecule has 0 aliphatic carbocycles. The molecule has 2 aromatic carbocycles. The molecule has 1 heterocycles. The van der Waals surface area contributed by atoms with E-state index >= 15 is 0 Å². The molecule has 2 aromatic rings. The van der Waals surface area contributed by atoms with Gasteiger partial charge in [-0.25, -0.2) is 4.79 Å². The van der Waals surface area contributed by atoms with Crippen molar-refractivity contribution in [2.75, 3.05) is 18.6 Å². The van der Waals surface area contributed by atoms with Crippen LogP contribution >= 0.6 is 0 Å². The third-order valence-electron chi connectivity index (χ3n) is 4.21.